The quantitative estimate of drug-likeness (QED) is 0.480. The summed E-state index contributed by atoms with van der Waals surface area (Å²) in [5, 5.41) is 10.8. The van der Waals surface area contributed by atoms with E-state index in [1.807, 2.05) is 0 Å². The van der Waals surface area contributed by atoms with E-state index in [0.29, 0.717) is 32.6 Å². The van der Waals surface area contributed by atoms with E-state index in [-0.39, 0.29) is 11.1 Å². The van der Waals surface area contributed by atoms with Crippen molar-refractivity contribution in [2.75, 3.05) is 0 Å². The van der Waals surface area contributed by atoms with E-state index in [0.717, 1.165) is 5.56 Å². The molecule has 0 radical (unpaired) electrons. The number of nitriles is 1. The second-order valence-corrected chi connectivity index (χ2v) is 5.72. The van der Waals surface area contributed by atoms with Gasteiger partial charge >= 0.3 is 0 Å². The normalized spacial score (nSPS) is 10.8. The van der Waals surface area contributed by atoms with Gasteiger partial charge in [-0.25, -0.2) is 4.98 Å². The molecule has 4 rings (SSSR count). The van der Waals surface area contributed by atoms with Crippen LogP contribution >= 0.6 is 11.6 Å². The maximum absolute atomic E-state index is 12.6. The number of hydrogen-bond donors (Lipinski definition) is 0. The van der Waals surface area contributed by atoms with Crippen molar-refractivity contribution in [3.8, 4) is 17.3 Å². The van der Waals surface area contributed by atoms with Crippen LogP contribution in [0, 0.1) is 11.3 Å². The number of pyridine rings is 1. The van der Waals surface area contributed by atoms with Crippen molar-refractivity contribution in [2.45, 2.75) is 0 Å². The third-order valence-electron chi connectivity index (χ3n) is 3.81. The molecule has 4 nitrogen and oxygen atoms in total. The monoisotopic (exact) mass is 332 g/mol. The van der Waals surface area contributed by atoms with Gasteiger partial charge in [0.2, 0.25) is 11.1 Å². The van der Waals surface area contributed by atoms with Crippen molar-refractivity contribution in [1.29, 1.82) is 5.26 Å². The van der Waals surface area contributed by atoms with Gasteiger partial charge in [-0.3, -0.25) is 4.79 Å². The Kier molecular flexibility index (Phi) is 3.30. The smallest absolute Gasteiger partial charge is 0.231 e. The number of para-hydroxylation sites is 1. The van der Waals surface area contributed by atoms with Crippen molar-refractivity contribution in [1.82, 2.24) is 4.98 Å². The molecule has 0 bridgehead atoms. The molecule has 2 heterocycles. The zero-order chi connectivity index (χ0) is 16.7. The van der Waals surface area contributed by atoms with E-state index in [2.05, 4.69) is 11.1 Å². The Morgan fingerprint density at radius 1 is 1.04 bits per heavy atom. The molecule has 2 aromatic carbocycles. The maximum atomic E-state index is 12.6. The molecule has 0 saturated carbocycles. The molecule has 0 unspecified atom stereocenters. The highest BCUT2D eigenvalue weighted by atomic mass is 35.5. The molecule has 0 saturated heterocycles. The molecule has 114 valence electrons. The van der Waals surface area contributed by atoms with Crippen molar-refractivity contribution < 1.29 is 4.42 Å². The molecular formula is C19H9ClN2O2. The number of benzene rings is 2. The van der Waals surface area contributed by atoms with Gasteiger partial charge in [0.15, 0.2) is 0 Å². The summed E-state index contributed by atoms with van der Waals surface area (Å²) in [5.74, 6) is 0. The number of hydrogen-bond acceptors (Lipinski definition) is 4. The summed E-state index contributed by atoms with van der Waals surface area (Å²) in [6.45, 7) is 0. The predicted octanol–water partition coefficient (Wildman–Crippen LogP) is 4.53. The first-order valence-corrected chi connectivity index (χ1v) is 7.58. The average Bonchev–Trinajstić information content (AvgIpc) is 2.62. The lowest BCUT2D eigenvalue weighted by Crippen LogP contribution is -2.04. The van der Waals surface area contributed by atoms with Crippen molar-refractivity contribution >= 4 is 33.7 Å². The average molecular weight is 333 g/mol. The van der Waals surface area contributed by atoms with E-state index >= 15 is 0 Å². The number of rotatable bonds is 1. The number of nitrogens with zero attached hydrogens (tertiary/aromatic N) is 2. The highest BCUT2D eigenvalue weighted by molar-refractivity contribution is 6.30. The van der Waals surface area contributed by atoms with Gasteiger partial charge in [-0.05, 0) is 30.3 Å². The van der Waals surface area contributed by atoms with Gasteiger partial charge in [0, 0.05) is 10.6 Å². The molecular weight excluding hydrogens is 324 g/mol. The van der Waals surface area contributed by atoms with E-state index in [9.17, 15) is 10.1 Å². The molecule has 0 atom stereocenters. The van der Waals surface area contributed by atoms with Crippen LogP contribution in [-0.2, 0) is 0 Å². The lowest BCUT2D eigenvalue weighted by atomic mass is 10.0. The number of fused-ring (bicyclic) bond motifs is 2. The van der Waals surface area contributed by atoms with Gasteiger partial charge in [-0.1, -0.05) is 35.9 Å². The fourth-order valence-electron chi connectivity index (χ4n) is 2.64. The molecule has 0 amide bonds. The van der Waals surface area contributed by atoms with Crippen LogP contribution in [0.25, 0.3) is 33.3 Å². The topological polar surface area (TPSA) is 66.9 Å². The number of aromatic nitrogens is 1. The first-order chi connectivity index (χ1) is 11.7. The zero-order valence-electron chi connectivity index (χ0n) is 12.3. The van der Waals surface area contributed by atoms with Gasteiger partial charge < -0.3 is 4.42 Å². The molecule has 2 aromatic heterocycles. The predicted molar refractivity (Wildman–Crippen MR) is 92.9 cm³/mol. The zero-order valence-corrected chi connectivity index (χ0v) is 13.0. The van der Waals surface area contributed by atoms with Crippen LogP contribution in [0.4, 0.5) is 0 Å². The molecule has 0 spiro atoms. The minimum absolute atomic E-state index is 0.196. The standard InChI is InChI=1S/C19H9ClN2O2/c20-13-7-5-11(6-8-13)17-12(10-21)9-15-18(23)14-3-1-2-4-16(14)24-19(15)22-17/h1-9H. The minimum Gasteiger partial charge on any atom is -0.437 e. The Morgan fingerprint density at radius 2 is 1.79 bits per heavy atom. The van der Waals surface area contributed by atoms with Crippen LogP contribution in [0.15, 0.2) is 63.8 Å². The summed E-state index contributed by atoms with van der Waals surface area (Å²) in [7, 11) is 0. The van der Waals surface area contributed by atoms with Crippen LogP contribution < -0.4 is 5.43 Å². The van der Waals surface area contributed by atoms with Crippen molar-refractivity contribution in [3.63, 3.8) is 0 Å². The number of halogens is 1. The van der Waals surface area contributed by atoms with E-state index in [4.69, 9.17) is 16.0 Å². The Hall–Kier alpha value is -3.16. The summed E-state index contributed by atoms with van der Waals surface area (Å²) < 4.78 is 5.77. The van der Waals surface area contributed by atoms with Crippen LogP contribution in [0.1, 0.15) is 5.56 Å². The van der Waals surface area contributed by atoms with Gasteiger partial charge in [0.25, 0.3) is 0 Å². The third-order valence-corrected chi connectivity index (χ3v) is 4.06. The van der Waals surface area contributed by atoms with Gasteiger partial charge in [0.05, 0.1) is 22.0 Å². The maximum Gasteiger partial charge on any atom is 0.231 e. The Bertz CT molecular complexity index is 1190. The van der Waals surface area contributed by atoms with Crippen LogP contribution in [0.2, 0.25) is 5.02 Å². The van der Waals surface area contributed by atoms with Gasteiger partial charge in [0.1, 0.15) is 11.7 Å². The summed E-state index contributed by atoms with van der Waals surface area (Å²) in [6.07, 6.45) is 0. The van der Waals surface area contributed by atoms with E-state index < -0.39 is 0 Å². The van der Waals surface area contributed by atoms with Crippen LogP contribution in [-0.4, -0.2) is 4.98 Å². The molecule has 0 aliphatic heterocycles. The fraction of sp³-hybridized carbons (Fsp3) is 0. The molecule has 0 N–H and O–H groups in total. The third kappa shape index (κ3) is 2.23. The van der Waals surface area contributed by atoms with Gasteiger partial charge in [-0.2, -0.15) is 5.26 Å². The Balaban J connectivity index is 2.09. The highest BCUT2D eigenvalue weighted by Gasteiger charge is 2.14. The lowest BCUT2D eigenvalue weighted by Gasteiger charge is -2.06. The van der Waals surface area contributed by atoms with Crippen LogP contribution in [0.5, 0.6) is 0 Å². The second-order valence-electron chi connectivity index (χ2n) is 5.28. The largest absolute Gasteiger partial charge is 0.437 e. The Labute approximate surface area is 141 Å². The SMILES string of the molecule is N#Cc1cc2c(=O)c3ccccc3oc2nc1-c1ccc(Cl)cc1. The van der Waals surface area contributed by atoms with E-state index in [1.54, 1.807) is 48.5 Å². The first kappa shape index (κ1) is 14.4. The molecule has 0 fully saturated rings. The highest BCUT2D eigenvalue weighted by Crippen LogP contribution is 2.27. The lowest BCUT2D eigenvalue weighted by molar-refractivity contribution is 0.645. The van der Waals surface area contributed by atoms with Crippen LogP contribution in [0.3, 0.4) is 0 Å². The minimum atomic E-state index is -0.196. The molecule has 0 aliphatic rings. The van der Waals surface area contributed by atoms with Gasteiger partial charge in [-0.15, -0.1) is 0 Å². The molecule has 0 aliphatic carbocycles. The second kappa shape index (κ2) is 5.48. The Morgan fingerprint density at radius 3 is 2.54 bits per heavy atom. The molecule has 4 aromatic rings. The fourth-order valence-corrected chi connectivity index (χ4v) is 2.77. The van der Waals surface area contributed by atoms with Crippen molar-refractivity contribution in [2.24, 2.45) is 0 Å². The summed E-state index contributed by atoms with van der Waals surface area (Å²) in [6, 6.07) is 17.6. The summed E-state index contributed by atoms with van der Waals surface area (Å²) in [4.78, 5) is 17.0. The summed E-state index contributed by atoms with van der Waals surface area (Å²) in [5.41, 5.74) is 1.98. The van der Waals surface area contributed by atoms with Crippen molar-refractivity contribution in [3.05, 3.63) is 75.4 Å². The van der Waals surface area contributed by atoms with E-state index in [1.165, 1.54) is 6.07 Å². The summed E-state index contributed by atoms with van der Waals surface area (Å²) >= 11 is 5.91. The first-order valence-electron chi connectivity index (χ1n) is 7.20. The molecule has 24 heavy (non-hydrogen) atoms. The molecule has 5 heteroatoms.